The number of nitrogens with one attached hydrogen (secondary N) is 1. The van der Waals surface area contributed by atoms with E-state index in [9.17, 15) is 0 Å². The molecule has 0 bridgehead atoms. The summed E-state index contributed by atoms with van der Waals surface area (Å²) in [5, 5.41) is 12.2. The number of ether oxygens (including phenoxy) is 1. The van der Waals surface area contributed by atoms with Gasteiger partial charge in [-0.25, -0.2) is 4.98 Å². The average Bonchev–Trinajstić information content (AvgIpc) is 2.46. The minimum absolute atomic E-state index is 0.594. The summed E-state index contributed by atoms with van der Waals surface area (Å²) in [6.45, 7) is 0.621. The van der Waals surface area contributed by atoms with Gasteiger partial charge >= 0.3 is 0 Å². The first-order valence-electron chi connectivity index (χ1n) is 5.55. The zero-order valence-electron chi connectivity index (χ0n) is 10.1. The number of nitrogens with zero attached hydrogens (tertiary/aromatic N) is 2. The standard InChI is InChI=1S/C14H13N3O/c1-18-14-7-6-11(10-17-14)9-16-13-5-3-2-4-12(13)8-15/h2-7,10,16H,9H2,1H3. The minimum atomic E-state index is 0.594. The largest absolute Gasteiger partial charge is 0.481 e. The van der Waals surface area contributed by atoms with E-state index in [1.165, 1.54) is 0 Å². The van der Waals surface area contributed by atoms with Crippen LogP contribution in [0.4, 0.5) is 5.69 Å². The highest BCUT2D eigenvalue weighted by Crippen LogP contribution is 2.15. The summed E-state index contributed by atoms with van der Waals surface area (Å²) < 4.78 is 4.99. The molecule has 0 unspecified atom stereocenters. The van der Waals surface area contributed by atoms with Crippen LogP contribution in [0.3, 0.4) is 0 Å². The molecule has 0 saturated heterocycles. The van der Waals surface area contributed by atoms with Gasteiger partial charge in [0.25, 0.3) is 0 Å². The van der Waals surface area contributed by atoms with Crippen molar-refractivity contribution in [1.82, 2.24) is 4.98 Å². The van der Waals surface area contributed by atoms with Gasteiger partial charge in [0.15, 0.2) is 0 Å². The molecule has 0 aliphatic heterocycles. The van der Waals surface area contributed by atoms with Crippen molar-refractivity contribution >= 4 is 5.69 Å². The van der Waals surface area contributed by atoms with Crippen LogP contribution < -0.4 is 10.1 Å². The van der Waals surface area contributed by atoms with Crippen LogP contribution in [-0.2, 0) is 6.54 Å². The number of benzene rings is 1. The van der Waals surface area contributed by atoms with Gasteiger partial charge in [0.2, 0.25) is 5.88 Å². The molecule has 4 heteroatoms. The second-order valence-electron chi connectivity index (χ2n) is 3.72. The molecule has 0 saturated carbocycles. The van der Waals surface area contributed by atoms with E-state index < -0.39 is 0 Å². The Hall–Kier alpha value is -2.54. The number of nitriles is 1. The summed E-state index contributed by atoms with van der Waals surface area (Å²) in [6, 6.07) is 13.3. The first-order valence-corrected chi connectivity index (χ1v) is 5.55. The van der Waals surface area contributed by atoms with Crippen LogP contribution in [-0.4, -0.2) is 12.1 Å². The predicted molar refractivity (Wildman–Crippen MR) is 69.3 cm³/mol. The predicted octanol–water partition coefficient (Wildman–Crippen LogP) is 2.57. The quantitative estimate of drug-likeness (QED) is 0.890. The molecular formula is C14H13N3O. The maximum absolute atomic E-state index is 8.97. The topological polar surface area (TPSA) is 57.9 Å². The minimum Gasteiger partial charge on any atom is -0.481 e. The van der Waals surface area contributed by atoms with Crippen molar-refractivity contribution in [3.05, 3.63) is 53.7 Å². The highest BCUT2D eigenvalue weighted by molar-refractivity contribution is 5.57. The van der Waals surface area contributed by atoms with E-state index >= 15 is 0 Å². The van der Waals surface area contributed by atoms with Crippen LogP contribution in [0.2, 0.25) is 0 Å². The highest BCUT2D eigenvalue weighted by atomic mass is 16.5. The van der Waals surface area contributed by atoms with Crippen molar-refractivity contribution in [2.24, 2.45) is 0 Å². The summed E-state index contributed by atoms with van der Waals surface area (Å²) in [6.07, 6.45) is 1.75. The third-order valence-corrected chi connectivity index (χ3v) is 2.54. The Labute approximate surface area is 106 Å². The Morgan fingerprint density at radius 3 is 2.78 bits per heavy atom. The van der Waals surface area contributed by atoms with Gasteiger partial charge < -0.3 is 10.1 Å². The van der Waals surface area contributed by atoms with Crippen molar-refractivity contribution in [3.8, 4) is 11.9 Å². The first-order chi connectivity index (χ1) is 8.83. The van der Waals surface area contributed by atoms with Crippen molar-refractivity contribution in [1.29, 1.82) is 5.26 Å². The number of methoxy groups -OCH3 is 1. The molecule has 1 aromatic heterocycles. The van der Waals surface area contributed by atoms with E-state index in [0.717, 1.165) is 11.3 Å². The summed E-state index contributed by atoms with van der Waals surface area (Å²) in [7, 11) is 1.59. The molecule has 0 atom stereocenters. The Kier molecular flexibility index (Phi) is 3.77. The SMILES string of the molecule is COc1ccc(CNc2ccccc2C#N)cn1. The molecule has 4 nitrogen and oxygen atoms in total. The molecule has 0 fully saturated rings. The van der Waals surface area contributed by atoms with E-state index in [4.69, 9.17) is 10.00 Å². The van der Waals surface area contributed by atoms with Gasteiger partial charge in [-0.2, -0.15) is 5.26 Å². The van der Waals surface area contributed by atoms with Crippen LogP contribution in [0.15, 0.2) is 42.6 Å². The molecule has 2 aromatic rings. The van der Waals surface area contributed by atoms with Gasteiger partial charge in [0, 0.05) is 18.8 Å². The second-order valence-corrected chi connectivity index (χ2v) is 3.72. The molecule has 1 heterocycles. The number of anilines is 1. The van der Waals surface area contributed by atoms with Crippen LogP contribution in [0.5, 0.6) is 5.88 Å². The Balaban J connectivity index is 2.05. The van der Waals surface area contributed by atoms with Gasteiger partial charge in [0.1, 0.15) is 6.07 Å². The lowest BCUT2D eigenvalue weighted by Crippen LogP contribution is -2.01. The average molecular weight is 239 g/mol. The van der Waals surface area contributed by atoms with E-state index in [1.54, 1.807) is 19.4 Å². The van der Waals surface area contributed by atoms with Gasteiger partial charge in [-0.3, -0.25) is 0 Å². The maximum Gasteiger partial charge on any atom is 0.212 e. The molecule has 18 heavy (non-hydrogen) atoms. The van der Waals surface area contributed by atoms with Crippen LogP contribution in [0.25, 0.3) is 0 Å². The summed E-state index contributed by atoms with van der Waals surface area (Å²) in [4.78, 5) is 4.12. The lowest BCUT2D eigenvalue weighted by Gasteiger charge is -2.08. The van der Waals surface area contributed by atoms with Crippen LogP contribution in [0.1, 0.15) is 11.1 Å². The number of aromatic nitrogens is 1. The zero-order valence-corrected chi connectivity index (χ0v) is 10.1. The lowest BCUT2D eigenvalue weighted by molar-refractivity contribution is 0.397. The summed E-state index contributed by atoms with van der Waals surface area (Å²) >= 11 is 0. The molecule has 90 valence electrons. The lowest BCUT2D eigenvalue weighted by atomic mass is 10.2. The third kappa shape index (κ3) is 2.77. The highest BCUT2D eigenvalue weighted by Gasteiger charge is 2.00. The Morgan fingerprint density at radius 1 is 1.28 bits per heavy atom. The van der Waals surface area contributed by atoms with Crippen molar-refractivity contribution in [3.63, 3.8) is 0 Å². The fourth-order valence-electron chi connectivity index (χ4n) is 1.57. The van der Waals surface area contributed by atoms with E-state index in [0.29, 0.717) is 18.0 Å². The summed E-state index contributed by atoms with van der Waals surface area (Å²) in [5.74, 6) is 0.594. The first kappa shape index (κ1) is 11.9. The molecular weight excluding hydrogens is 226 g/mol. The molecule has 1 aromatic carbocycles. The number of para-hydroxylation sites is 1. The van der Waals surface area contributed by atoms with Gasteiger partial charge in [-0.05, 0) is 17.7 Å². The number of hydrogen-bond donors (Lipinski definition) is 1. The molecule has 0 amide bonds. The molecule has 0 spiro atoms. The number of rotatable bonds is 4. The van der Waals surface area contributed by atoms with Crippen LogP contribution in [0, 0.1) is 11.3 Å². The van der Waals surface area contributed by atoms with Gasteiger partial charge in [0.05, 0.1) is 18.4 Å². The Bertz CT molecular complexity index is 558. The van der Waals surface area contributed by atoms with Crippen molar-refractivity contribution in [2.45, 2.75) is 6.54 Å². The maximum atomic E-state index is 8.97. The second kappa shape index (κ2) is 5.69. The normalized spacial score (nSPS) is 9.56. The number of hydrogen-bond acceptors (Lipinski definition) is 4. The van der Waals surface area contributed by atoms with E-state index in [-0.39, 0.29) is 0 Å². The molecule has 0 aliphatic carbocycles. The van der Waals surface area contributed by atoms with Gasteiger partial charge in [-0.1, -0.05) is 18.2 Å². The number of pyridine rings is 1. The van der Waals surface area contributed by atoms with E-state index in [2.05, 4.69) is 16.4 Å². The monoisotopic (exact) mass is 239 g/mol. The molecule has 1 N–H and O–H groups in total. The van der Waals surface area contributed by atoms with Gasteiger partial charge in [-0.15, -0.1) is 0 Å². The fourth-order valence-corrected chi connectivity index (χ4v) is 1.57. The molecule has 2 rings (SSSR count). The fraction of sp³-hybridized carbons (Fsp3) is 0.143. The third-order valence-electron chi connectivity index (χ3n) is 2.54. The molecule has 0 aliphatic rings. The molecule has 0 radical (unpaired) electrons. The smallest absolute Gasteiger partial charge is 0.212 e. The van der Waals surface area contributed by atoms with E-state index in [1.807, 2.05) is 30.3 Å². The van der Waals surface area contributed by atoms with Crippen molar-refractivity contribution in [2.75, 3.05) is 12.4 Å². The summed E-state index contributed by atoms with van der Waals surface area (Å²) in [5.41, 5.74) is 2.50. The zero-order chi connectivity index (χ0) is 12.8. The van der Waals surface area contributed by atoms with Crippen molar-refractivity contribution < 1.29 is 4.74 Å². The Morgan fingerprint density at radius 2 is 2.11 bits per heavy atom. The van der Waals surface area contributed by atoms with Crippen LogP contribution >= 0.6 is 0 Å².